The molecular weight excluding hydrogens is 289 g/mol. The van der Waals surface area contributed by atoms with Crippen molar-refractivity contribution in [3.8, 4) is 11.5 Å². The van der Waals surface area contributed by atoms with Crippen molar-refractivity contribution >= 4 is 0 Å². The van der Waals surface area contributed by atoms with Gasteiger partial charge in [-0.1, -0.05) is 0 Å². The van der Waals surface area contributed by atoms with E-state index < -0.39 is 5.76 Å². The Hall–Kier alpha value is -1.99. The fraction of sp³-hybridized carbons (Fsp3) is 0.467. The second kappa shape index (κ2) is 6.02. The van der Waals surface area contributed by atoms with Crippen LogP contribution in [0.2, 0.25) is 0 Å². The highest BCUT2D eigenvalue weighted by molar-refractivity contribution is 5.51. The smallest absolute Gasteiger partial charge is 0.388 e. The van der Waals surface area contributed by atoms with E-state index in [1.54, 1.807) is 0 Å². The fourth-order valence-electron chi connectivity index (χ4n) is 2.69. The van der Waals surface area contributed by atoms with Crippen molar-refractivity contribution in [1.29, 1.82) is 0 Å². The summed E-state index contributed by atoms with van der Waals surface area (Å²) in [4.78, 5) is 14.0. The number of halogens is 1. The molecule has 1 aliphatic heterocycles. The van der Waals surface area contributed by atoms with E-state index in [1.807, 2.05) is 13.8 Å². The first kappa shape index (κ1) is 14.9. The molecule has 0 unspecified atom stereocenters. The number of rotatable bonds is 3. The van der Waals surface area contributed by atoms with Gasteiger partial charge in [-0.3, -0.25) is 4.90 Å². The van der Waals surface area contributed by atoms with Gasteiger partial charge in [0.05, 0.1) is 12.2 Å². The molecule has 2 aromatic rings. The van der Waals surface area contributed by atoms with Crippen LogP contribution in [0.4, 0.5) is 4.39 Å². The van der Waals surface area contributed by atoms with Gasteiger partial charge in [-0.15, -0.1) is 5.10 Å². The quantitative estimate of drug-likeness (QED) is 0.864. The average molecular weight is 307 g/mol. The Balaban J connectivity index is 1.78. The summed E-state index contributed by atoms with van der Waals surface area (Å²) in [6.07, 6.45) is 0.228. The highest BCUT2D eigenvalue weighted by Crippen LogP contribution is 2.16. The Morgan fingerprint density at radius 2 is 1.86 bits per heavy atom. The molecule has 1 fully saturated rings. The van der Waals surface area contributed by atoms with E-state index in [4.69, 9.17) is 9.15 Å². The highest BCUT2D eigenvalue weighted by atomic mass is 19.1. The van der Waals surface area contributed by atoms with Crippen molar-refractivity contribution in [3.63, 3.8) is 0 Å². The van der Waals surface area contributed by atoms with E-state index in [1.165, 1.54) is 28.9 Å². The van der Waals surface area contributed by atoms with E-state index in [9.17, 15) is 9.18 Å². The molecule has 0 amide bonds. The average Bonchev–Trinajstić information content (AvgIpc) is 2.80. The topological polar surface area (TPSA) is 60.5 Å². The van der Waals surface area contributed by atoms with E-state index in [0.717, 1.165) is 13.1 Å². The van der Waals surface area contributed by atoms with Crippen LogP contribution in [0.25, 0.3) is 11.5 Å². The van der Waals surface area contributed by atoms with E-state index in [0.29, 0.717) is 12.2 Å². The second-order valence-electron chi connectivity index (χ2n) is 5.61. The summed E-state index contributed by atoms with van der Waals surface area (Å²) >= 11 is 0. The molecule has 0 radical (unpaired) electrons. The zero-order chi connectivity index (χ0) is 15.7. The number of aromatic nitrogens is 2. The van der Waals surface area contributed by atoms with E-state index in [2.05, 4.69) is 10.00 Å². The lowest BCUT2D eigenvalue weighted by Gasteiger charge is -2.34. The zero-order valence-electron chi connectivity index (χ0n) is 12.5. The molecule has 3 rings (SSSR count). The Kier molecular flexibility index (Phi) is 4.08. The first-order chi connectivity index (χ1) is 10.5. The van der Waals surface area contributed by atoms with Crippen LogP contribution in [0.1, 0.15) is 13.8 Å². The Morgan fingerprint density at radius 3 is 2.50 bits per heavy atom. The van der Waals surface area contributed by atoms with Crippen LogP contribution in [-0.4, -0.2) is 40.0 Å². The predicted molar refractivity (Wildman–Crippen MR) is 77.7 cm³/mol. The third-order valence-corrected chi connectivity index (χ3v) is 3.53. The number of ether oxygens (including phenoxy) is 1. The third-order valence-electron chi connectivity index (χ3n) is 3.53. The van der Waals surface area contributed by atoms with Crippen LogP contribution < -0.4 is 5.76 Å². The monoisotopic (exact) mass is 307 g/mol. The number of benzene rings is 1. The van der Waals surface area contributed by atoms with Gasteiger partial charge in [0.1, 0.15) is 12.5 Å². The fourth-order valence-corrected chi connectivity index (χ4v) is 2.69. The molecular formula is C15H18FN3O3. The van der Waals surface area contributed by atoms with Crippen molar-refractivity contribution in [1.82, 2.24) is 14.7 Å². The van der Waals surface area contributed by atoms with Gasteiger partial charge in [-0.2, -0.15) is 4.68 Å². The summed E-state index contributed by atoms with van der Waals surface area (Å²) in [5.74, 6) is -0.674. The van der Waals surface area contributed by atoms with E-state index >= 15 is 0 Å². The molecule has 0 N–H and O–H groups in total. The largest absolute Gasteiger partial charge is 0.438 e. The van der Waals surface area contributed by atoms with Crippen molar-refractivity contribution in [2.75, 3.05) is 13.1 Å². The van der Waals surface area contributed by atoms with Crippen LogP contribution in [0.3, 0.4) is 0 Å². The first-order valence-electron chi connectivity index (χ1n) is 7.23. The Bertz CT molecular complexity index is 685. The third kappa shape index (κ3) is 3.26. The van der Waals surface area contributed by atoms with Crippen LogP contribution in [0.15, 0.2) is 33.5 Å². The molecule has 1 aliphatic rings. The van der Waals surface area contributed by atoms with Crippen LogP contribution in [0.5, 0.6) is 0 Å². The van der Waals surface area contributed by atoms with Gasteiger partial charge in [-0.05, 0) is 38.1 Å². The maximum absolute atomic E-state index is 12.9. The lowest BCUT2D eigenvalue weighted by atomic mass is 10.2. The Morgan fingerprint density at radius 1 is 1.23 bits per heavy atom. The second-order valence-corrected chi connectivity index (χ2v) is 5.61. The Labute approximate surface area is 127 Å². The van der Waals surface area contributed by atoms with Crippen LogP contribution in [-0.2, 0) is 11.4 Å². The molecule has 22 heavy (non-hydrogen) atoms. The van der Waals surface area contributed by atoms with Gasteiger partial charge in [0, 0.05) is 18.7 Å². The minimum atomic E-state index is -0.522. The molecule has 1 saturated heterocycles. The van der Waals surface area contributed by atoms with E-state index in [-0.39, 0.29) is 23.9 Å². The summed E-state index contributed by atoms with van der Waals surface area (Å²) in [6.45, 7) is 5.81. The molecule has 6 nitrogen and oxygen atoms in total. The predicted octanol–water partition coefficient (Wildman–Crippen LogP) is 1.71. The number of morpholine rings is 1. The molecule has 2 heterocycles. The molecule has 1 aromatic carbocycles. The molecule has 118 valence electrons. The lowest BCUT2D eigenvalue weighted by Crippen LogP contribution is -2.47. The molecule has 0 bridgehead atoms. The zero-order valence-corrected chi connectivity index (χ0v) is 12.5. The van der Waals surface area contributed by atoms with Crippen molar-refractivity contribution in [3.05, 3.63) is 40.6 Å². The summed E-state index contributed by atoms with van der Waals surface area (Å²) in [5.41, 5.74) is 0.570. The first-order valence-corrected chi connectivity index (χ1v) is 7.23. The summed E-state index contributed by atoms with van der Waals surface area (Å²) in [6, 6.07) is 5.67. The number of hydrogen-bond donors (Lipinski definition) is 0. The standard InChI is InChI=1S/C15H18FN3O3/c1-10-7-18(8-11(2)21-10)9-19-15(20)22-14(17-19)12-3-5-13(16)6-4-12/h3-6,10-11H,7-9H2,1-2H3/t10-,11-/m0/s1. The molecule has 0 aliphatic carbocycles. The molecule has 1 aromatic heterocycles. The van der Waals surface area contributed by atoms with Gasteiger partial charge >= 0.3 is 5.76 Å². The van der Waals surface area contributed by atoms with Gasteiger partial charge in [0.2, 0.25) is 5.89 Å². The van der Waals surface area contributed by atoms with Gasteiger partial charge in [0.25, 0.3) is 0 Å². The van der Waals surface area contributed by atoms with Crippen LogP contribution >= 0.6 is 0 Å². The molecule has 0 saturated carbocycles. The van der Waals surface area contributed by atoms with Crippen molar-refractivity contribution in [2.45, 2.75) is 32.7 Å². The molecule has 2 atom stereocenters. The van der Waals surface area contributed by atoms with Gasteiger partial charge in [0.15, 0.2) is 0 Å². The normalized spacial score (nSPS) is 22.9. The van der Waals surface area contributed by atoms with Gasteiger partial charge in [-0.25, -0.2) is 9.18 Å². The SMILES string of the molecule is C[C@H]1CN(Cn2nc(-c3ccc(F)cc3)oc2=O)C[C@H](C)O1. The minimum absolute atomic E-state index is 0.114. The van der Waals surface area contributed by atoms with Crippen molar-refractivity contribution < 1.29 is 13.5 Å². The molecule has 0 spiro atoms. The summed E-state index contributed by atoms with van der Waals surface area (Å²) < 4.78 is 25.0. The summed E-state index contributed by atoms with van der Waals surface area (Å²) in [5, 5.41) is 4.19. The number of nitrogens with zero attached hydrogens (tertiary/aromatic N) is 3. The highest BCUT2D eigenvalue weighted by Gasteiger charge is 2.23. The minimum Gasteiger partial charge on any atom is -0.388 e. The summed E-state index contributed by atoms with van der Waals surface area (Å²) in [7, 11) is 0. The van der Waals surface area contributed by atoms with Gasteiger partial charge < -0.3 is 9.15 Å². The van der Waals surface area contributed by atoms with Crippen molar-refractivity contribution in [2.24, 2.45) is 0 Å². The number of hydrogen-bond acceptors (Lipinski definition) is 5. The molecule has 7 heteroatoms. The van der Waals surface area contributed by atoms with Crippen LogP contribution in [0, 0.1) is 5.82 Å². The maximum Gasteiger partial charge on any atom is 0.438 e. The lowest BCUT2D eigenvalue weighted by molar-refractivity contribution is -0.0780. The maximum atomic E-state index is 12.9.